The number of imidazole rings is 1. The lowest BCUT2D eigenvalue weighted by Crippen LogP contribution is -2.33. The molecule has 6 rings (SSSR count). The third-order valence-electron chi connectivity index (χ3n) is 7.14. The molecule has 196 valence electrons. The molecule has 4 aromatic heterocycles. The van der Waals surface area contributed by atoms with Gasteiger partial charge in [-0.25, -0.2) is 9.97 Å². The van der Waals surface area contributed by atoms with Crippen LogP contribution in [-0.2, 0) is 23.1 Å². The van der Waals surface area contributed by atoms with Crippen LogP contribution in [0.15, 0.2) is 53.2 Å². The third-order valence-corrected chi connectivity index (χ3v) is 8.11. The third kappa shape index (κ3) is 4.96. The fraction of sp³-hybridized carbons (Fsp3) is 0.379. The fourth-order valence-corrected chi connectivity index (χ4v) is 5.42. The predicted octanol–water partition coefficient (Wildman–Crippen LogP) is 5.38. The number of aromatic nitrogens is 4. The van der Waals surface area contributed by atoms with Crippen molar-refractivity contribution < 1.29 is 14.1 Å². The zero-order chi connectivity index (χ0) is 26.5. The van der Waals surface area contributed by atoms with Crippen molar-refractivity contribution in [3.8, 4) is 17.1 Å². The van der Waals surface area contributed by atoms with E-state index in [0.29, 0.717) is 24.6 Å². The number of ether oxygens (including phenoxy) is 1. The Labute approximate surface area is 225 Å². The van der Waals surface area contributed by atoms with Crippen molar-refractivity contribution >= 4 is 32.4 Å². The maximum atomic E-state index is 12.6. The first kappa shape index (κ1) is 24.8. The van der Waals surface area contributed by atoms with Gasteiger partial charge in [0.05, 0.1) is 28.9 Å². The van der Waals surface area contributed by atoms with E-state index in [1.54, 1.807) is 11.3 Å². The van der Waals surface area contributed by atoms with Crippen LogP contribution < -0.4 is 10.1 Å². The lowest BCUT2D eigenvalue weighted by atomic mass is 9.93. The number of pyridine rings is 1. The van der Waals surface area contributed by atoms with E-state index in [1.165, 1.54) is 0 Å². The van der Waals surface area contributed by atoms with Crippen molar-refractivity contribution in [3.63, 3.8) is 0 Å². The zero-order valence-electron chi connectivity index (χ0n) is 22.1. The van der Waals surface area contributed by atoms with Crippen molar-refractivity contribution in [1.82, 2.24) is 24.8 Å². The van der Waals surface area contributed by atoms with E-state index in [2.05, 4.69) is 35.6 Å². The molecule has 0 saturated heterocycles. The number of nitrogens with one attached hydrogen (secondary N) is 1. The van der Waals surface area contributed by atoms with Crippen LogP contribution in [0.1, 0.15) is 50.6 Å². The summed E-state index contributed by atoms with van der Waals surface area (Å²) in [6.07, 6.45) is 4.93. The smallest absolute Gasteiger partial charge is 0.214 e. The zero-order valence-corrected chi connectivity index (χ0v) is 22.9. The first-order valence-corrected chi connectivity index (χ1v) is 13.7. The van der Waals surface area contributed by atoms with Gasteiger partial charge in [0, 0.05) is 35.7 Å². The standard InChI is InChI=1S/C29H31N5O3S/c1-28(2,3)24-15-20(33-37-24)14-21(35)13-18-5-7-19(8-6-18)22-16-34-23-9-10-25(32-26(23)38-27(34)31-22)36-17-29(30-4)11-12-29/h5-10,15-16,30H,11-14,17H2,1-4H3. The Morgan fingerprint density at radius 2 is 1.92 bits per heavy atom. The average molecular weight is 530 g/mol. The molecule has 1 aromatic carbocycles. The highest BCUT2D eigenvalue weighted by Crippen LogP contribution is 2.36. The number of Topliss-reactive ketones (excluding diaryl/α,β-unsaturated/α-hetero) is 1. The second kappa shape index (κ2) is 9.32. The van der Waals surface area contributed by atoms with Gasteiger partial charge in [-0.1, -0.05) is 61.5 Å². The number of hydrogen-bond donors (Lipinski definition) is 1. The van der Waals surface area contributed by atoms with Gasteiger partial charge in [0.15, 0.2) is 4.96 Å². The lowest BCUT2D eigenvalue weighted by Gasteiger charge is -2.14. The number of rotatable bonds is 9. The SMILES string of the molecule is CNC1(COc2ccc3c(n2)sc2nc(-c4ccc(CC(=O)Cc5cc(C(C)(C)C)on5)cc4)cn23)CC1. The number of ketones is 1. The molecule has 9 heteroatoms. The Balaban J connectivity index is 1.12. The molecule has 0 unspecified atom stereocenters. The highest BCUT2D eigenvalue weighted by Gasteiger charge is 2.42. The molecule has 8 nitrogen and oxygen atoms in total. The van der Waals surface area contributed by atoms with Crippen LogP contribution >= 0.6 is 11.3 Å². The van der Waals surface area contributed by atoms with Gasteiger partial charge in [-0.15, -0.1) is 0 Å². The van der Waals surface area contributed by atoms with Gasteiger partial charge in [-0.05, 0) is 31.5 Å². The van der Waals surface area contributed by atoms with Gasteiger partial charge < -0.3 is 14.6 Å². The second-order valence-corrected chi connectivity index (χ2v) is 12.2. The maximum Gasteiger partial charge on any atom is 0.214 e. The normalized spacial score (nSPS) is 14.8. The van der Waals surface area contributed by atoms with E-state index in [1.807, 2.05) is 55.7 Å². The van der Waals surface area contributed by atoms with Gasteiger partial charge in [-0.3, -0.25) is 9.20 Å². The Morgan fingerprint density at radius 3 is 2.61 bits per heavy atom. The Kier molecular flexibility index (Phi) is 6.07. The molecule has 0 spiro atoms. The summed E-state index contributed by atoms with van der Waals surface area (Å²) in [6, 6.07) is 13.9. The Bertz CT molecular complexity index is 1620. The number of likely N-dealkylation sites (N-methyl/N-ethyl adjacent to an activating group) is 1. The number of fused-ring (bicyclic) bond motifs is 3. The van der Waals surface area contributed by atoms with Crippen LogP contribution in [-0.4, -0.2) is 44.5 Å². The van der Waals surface area contributed by atoms with Gasteiger partial charge in [0.25, 0.3) is 0 Å². The minimum absolute atomic E-state index is 0.106. The van der Waals surface area contributed by atoms with E-state index in [-0.39, 0.29) is 23.2 Å². The first-order valence-electron chi connectivity index (χ1n) is 12.9. The first-order chi connectivity index (χ1) is 18.2. The van der Waals surface area contributed by atoms with Crippen molar-refractivity contribution in [2.45, 2.75) is 57.4 Å². The Morgan fingerprint density at radius 1 is 1.13 bits per heavy atom. The van der Waals surface area contributed by atoms with Gasteiger partial charge in [0.2, 0.25) is 5.88 Å². The van der Waals surface area contributed by atoms with Crippen molar-refractivity contribution in [3.05, 3.63) is 65.7 Å². The summed E-state index contributed by atoms with van der Waals surface area (Å²) in [6.45, 7) is 6.81. The van der Waals surface area contributed by atoms with Crippen LogP contribution in [0, 0.1) is 0 Å². The quantitative estimate of drug-likeness (QED) is 0.274. The molecule has 1 fully saturated rings. The molecule has 1 aliphatic rings. The molecule has 4 heterocycles. The highest BCUT2D eigenvalue weighted by molar-refractivity contribution is 7.23. The highest BCUT2D eigenvalue weighted by atomic mass is 32.1. The molecule has 0 amide bonds. The summed E-state index contributed by atoms with van der Waals surface area (Å²) < 4.78 is 13.4. The average Bonchev–Trinajstić information content (AvgIpc) is 3.16. The summed E-state index contributed by atoms with van der Waals surface area (Å²) in [5, 5.41) is 7.40. The summed E-state index contributed by atoms with van der Waals surface area (Å²) in [4.78, 5) is 23.9. The molecule has 5 aromatic rings. The molecule has 0 radical (unpaired) electrons. The molecular weight excluding hydrogens is 498 g/mol. The lowest BCUT2D eigenvalue weighted by molar-refractivity contribution is -0.117. The van der Waals surface area contributed by atoms with E-state index in [0.717, 1.165) is 50.7 Å². The number of thiazole rings is 1. The topological polar surface area (TPSA) is 94.5 Å². The minimum Gasteiger partial charge on any atom is -0.476 e. The van der Waals surface area contributed by atoms with Gasteiger partial charge >= 0.3 is 0 Å². The number of hydrogen-bond acceptors (Lipinski definition) is 8. The molecular formula is C29H31N5O3S. The van der Waals surface area contributed by atoms with Gasteiger partial charge in [0.1, 0.15) is 23.0 Å². The predicted molar refractivity (Wildman–Crippen MR) is 148 cm³/mol. The second-order valence-electron chi connectivity index (χ2n) is 11.2. The molecule has 0 atom stereocenters. The Hall–Kier alpha value is -3.56. The summed E-state index contributed by atoms with van der Waals surface area (Å²) in [5.41, 5.74) is 4.54. The largest absolute Gasteiger partial charge is 0.476 e. The summed E-state index contributed by atoms with van der Waals surface area (Å²) in [7, 11) is 1.98. The van der Waals surface area contributed by atoms with E-state index < -0.39 is 0 Å². The molecule has 1 saturated carbocycles. The van der Waals surface area contributed by atoms with E-state index in [9.17, 15) is 4.79 Å². The van der Waals surface area contributed by atoms with E-state index in [4.69, 9.17) is 19.2 Å². The van der Waals surface area contributed by atoms with Crippen LogP contribution in [0.2, 0.25) is 0 Å². The molecule has 0 bridgehead atoms. The van der Waals surface area contributed by atoms with Crippen molar-refractivity contribution in [1.29, 1.82) is 0 Å². The number of carbonyl (C=O) groups excluding carboxylic acids is 1. The van der Waals surface area contributed by atoms with E-state index >= 15 is 0 Å². The molecule has 38 heavy (non-hydrogen) atoms. The number of carbonyl (C=O) groups is 1. The summed E-state index contributed by atoms with van der Waals surface area (Å²) in [5.74, 6) is 1.54. The summed E-state index contributed by atoms with van der Waals surface area (Å²) >= 11 is 1.55. The molecule has 1 N–H and O–H groups in total. The number of nitrogens with zero attached hydrogens (tertiary/aromatic N) is 4. The fourth-order valence-electron chi connectivity index (χ4n) is 4.45. The van der Waals surface area contributed by atoms with Gasteiger partial charge in [-0.2, -0.15) is 0 Å². The number of benzene rings is 1. The van der Waals surface area contributed by atoms with Crippen LogP contribution in [0.3, 0.4) is 0 Å². The minimum atomic E-state index is -0.127. The van der Waals surface area contributed by atoms with Crippen molar-refractivity contribution in [2.24, 2.45) is 0 Å². The van der Waals surface area contributed by atoms with Crippen LogP contribution in [0.4, 0.5) is 0 Å². The van der Waals surface area contributed by atoms with Crippen molar-refractivity contribution in [2.75, 3.05) is 13.7 Å². The molecule has 1 aliphatic carbocycles. The molecule has 0 aliphatic heterocycles. The van der Waals surface area contributed by atoms with Crippen LogP contribution in [0.5, 0.6) is 5.88 Å². The monoisotopic (exact) mass is 529 g/mol. The van der Waals surface area contributed by atoms with Crippen LogP contribution in [0.25, 0.3) is 26.6 Å². The maximum absolute atomic E-state index is 12.6.